The Kier molecular flexibility index (Phi) is 5.09. The average molecular weight is 372 g/mol. The van der Waals surface area contributed by atoms with E-state index in [1.54, 1.807) is 42.6 Å². The molecule has 3 rings (SSSR count). The number of nitriles is 1. The topological polar surface area (TPSA) is 88.9 Å². The molecule has 134 valence electrons. The van der Waals surface area contributed by atoms with Crippen molar-refractivity contribution in [2.75, 3.05) is 18.6 Å². The average Bonchev–Trinajstić information content (AvgIpc) is 3.27. The van der Waals surface area contributed by atoms with Gasteiger partial charge in [0.25, 0.3) is 0 Å². The Morgan fingerprint density at radius 2 is 2.12 bits per heavy atom. The monoisotopic (exact) mass is 372 g/mol. The van der Waals surface area contributed by atoms with E-state index in [9.17, 15) is 9.59 Å². The van der Waals surface area contributed by atoms with Crippen LogP contribution in [-0.2, 0) is 9.47 Å². The molecule has 2 unspecified atom stereocenters. The molecule has 1 fully saturated rings. The summed E-state index contributed by atoms with van der Waals surface area (Å²) < 4.78 is 16.0. The zero-order valence-corrected chi connectivity index (χ0v) is 15.0. The van der Waals surface area contributed by atoms with E-state index in [1.807, 2.05) is 6.07 Å². The van der Waals surface area contributed by atoms with Crippen LogP contribution in [0.3, 0.4) is 0 Å². The van der Waals surface area contributed by atoms with Gasteiger partial charge < -0.3 is 14.2 Å². The summed E-state index contributed by atoms with van der Waals surface area (Å²) in [5.41, 5.74) is 1.16. The summed E-state index contributed by atoms with van der Waals surface area (Å²) in [6, 6.07) is 10.4. The Balaban J connectivity index is 1.69. The van der Waals surface area contributed by atoms with E-state index in [2.05, 4.69) is 0 Å². The van der Waals surface area contributed by atoms with Crippen molar-refractivity contribution >= 4 is 29.1 Å². The number of benzene rings is 1. The number of rotatable bonds is 5. The molecule has 0 spiro atoms. The number of carbonyl (C=O) groups excluding carboxylic acids is 2. The highest BCUT2D eigenvalue weighted by molar-refractivity contribution is 7.12. The van der Waals surface area contributed by atoms with Crippen molar-refractivity contribution in [3.05, 3.63) is 46.2 Å². The molecule has 1 aromatic heterocycles. The maximum atomic E-state index is 12.2. The van der Waals surface area contributed by atoms with E-state index in [1.165, 1.54) is 23.3 Å². The number of carbonyl (C=O) groups is 2. The third kappa shape index (κ3) is 3.48. The lowest BCUT2D eigenvalue weighted by molar-refractivity contribution is 0.0522. The highest BCUT2D eigenvalue weighted by atomic mass is 32.1. The van der Waals surface area contributed by atoms with Gasteiger partial charge in [0.1, 0.15) is 11.9 Å². The summed E-state index contributed by atoms with van der Waals surface area (Å²) >= 11 is 1.22. The fourth-order valence-corrected chi connectivity index (χ4v) is 3.30. The van der Waals surface area contributed by atoms with E-state index in [-0.39, 0.29) is 0 Å². The molecule has 2 heterocycles. The lowest BCUT2D eigenvalue weighted by Gasteiger charge is -2.19. The number of nitrogens with zero attached hydrogens (tertiary/aromatic N) is 2. The Morgan fingerprint density at radius 1 is 1.38 bits per heavy atom. The number of anilines is 1. The van der Waals surface area contributed by atoms with E-state index in [0.717, 1.165) is 0 Å². The van der Waals surface area contributed by atoms with Crippen LogP contribution in [0.5, 0.6) is 5.75 Å². The van der Waals surface area contributed by atoms with E-state index >= 15 is 0 Å². The second-order valence-corrected chi connectivity index (χ2v) is 6.54. The molecular formula is C18H16N2O5S. The summed E-state index contributed by atoms with van der Waals surface area (Å²) in [5.74, 6) is -0.0629. The Labute approximate surface area is 154 Å². The smallest absolute Gasteiger partial charge is 0.414 e. The summed E-state index contributed by atoms with van der Waals surface area (Å²) in [6.45, 7) is 2.09. The fraction of sp³-hybridized carbons (Fsp3) is 0.278. The van der Waals surface area contributed by atoms with Gasteiger partial charge in [-0.2, -0.15) is 5.26 Å². The van der Waals surface area contributed by atoms with Crippen LogP contribution < -0.4 is 9.64 Å². The van der Waals surface area contributed by atoms with Crippen molar-refractivity contribution in [1.29, 1.82) is 5.26 Å². The van der Waals surface area contributed by atoms with Crippen LogP contribution in [0.25, 0.3) is 0 Å². The lowest BCUT2D eigenvalue weighted by Crippen LogP contribution is -2.33. The van der Waals surface area contributed by atoms with Crippen molar-refractivity contribution in [2.45, 2.75) is 19.1 Å². The van der Waals surface area contributed by atoms with Crippen LogP contribution in [-0.4, -0.2) is 37.9 Å². The van der Waals surface area contributed by atoms with Crippen molar-refractivity contribution in [1.82, 2.24) is 0 Å². The van der Waals surface area contributed by atoms with Crippen LogP contribution in [0.15, 0.2) is 35.7 Å². The number of hydrogen-bond acceptors (Lipinski definition) is 7. The summed E-state index contributed by atoms with van der Waals surface area (Å²) in [4.78, 5) is 25.8. The maximum absolute atomic E-state index is 12.2. The summed E-state index contributed by atoms with van der Waals surface area (Å²) in [5, 5.41) is 10.6. The van der Waals surface area contributed by atoms with Gasteiger partial charge in [-0.05, 0) is 42.6 Å². The molecule has 26 heavy (non-hydrogen) atoms. The SMILES string of the molecule is COC(=O)c1sccc1OC(C)C1CN(c2ccc(C#N)cc2)C(=O)O1. The predicted molar refractivity (Wildman–Crippen MR) is 94.5 cm³/mol. The van der Waals surface area contributed by atoms with E-state index in [0.29, 0.717) is 28.4 Å². The molecule has 1 aliphatic heterocycles. The van der Waals surface area contributed by atoms with Gasteiger partial charge in [0.05, 0.1) is 25.3 Å². The van der Waals surface area contributed by atoms with Gasteiger partial charge in [0, 0.05) is 5.69 Å². The van der Waals surface area contributed by atoms with Crippen LogP contribution in [0, 0.1) is 11.3 Å². The molecule has 1 aromatic carbocycles. The molecule has 0 bridgehead atoms. The van der Waals surface area contributed by atoms with Crippen molar-refractivity contribution in [3.8, 4) is 11.8 Å². The third-order valence-electron chi connectivity index (χ3n) is 3.98. The number of esters is 1. The first-order valence-corrected chi connectivity index (χ1v) is 8.72. The Bertz CT molecular complexity index is 855. The quantitative estimate of drug-likeness (QED) is 0.749. The van der Waals surface area contributed by atoms with Crippen LogP contribution in [0.1, 0.15) is 22.2 Å². The van der Waals surface area contributed by atoms with Crippen molar-refractivity contribution in [2.24, 2.45) is 0 Å². The minimum absolute atomic E-state index is 0.309. The fourth-order valence-electron chi connectivity index (χ4n) is 2.56. The van der Waals surface area contributed by atoms with Crippen molar-refractivity contribution < 1.29 is 23.8 Å². The summed E-state index contributed by atoms with van der Waals surface area (Å²) in [6.07, 6.45) is -1.43. The second-order valence-electron chi connectivity index (χ2n) is 5.62. The van der Waals surface area contributed by atoms with Gasteiger partial charge in [0.2, 0.25) is 0 Å². The molecule has 0 aliphatic carbocycles. The maximum Gasteiger partial charge on any atom is 0.414 e. The van der Waals surface area contributed by atoms with Gasteiger partial charge in [-0.3, -0.25) is 4.90 Å². The lowest BCUT2D eigenvalue weighted by atomic mass is 10.2. The van der Waals surface area contributed by atoms with Gasteiger partial charge in [-0.25, -0.2) is 9.59 Å². The first-order chi connectivity index (χ1) is 12.5. The number of amides is 1. The number of methoxy groups -OCH3 is 1. The van der Waals surface area contributed by atoms with Crippen LogP contribution in [0.2, 0.25) is 0 Å². The molecule has 8 heteroatoms. The summed E-state index contributed by atoms with van der Waals surface area (Å²) in [7, 11) is 1.31. The normalized spacial score (nSPS) is 17.3. The molecule has 1 amide bonds. The molecular weight excluding hydrogens is 356 g/mol. The first-order valence-electron chi connectivity index (χ1n) is 7.84. The molecule has 2 aromatic rings. The van der Waals surface area contributed by atoms with E-state index < -0.39 is 24.3 Å². The van der Waals surface area contributed by atoms with E-state index in [4.69, 9.17) is 19.5 Å². The molecule has 1 aliphatic rings. The van der Waals surface area contributed by atoms with Crippen molar-refractivity contribution in [3.63, 3.8) is 0 Å². The first kappa shape index (κ1) is 17.8. The van der Waals surface area contributed by atoms with Crippen LogP contribution in [0.4, 0.5) is 10.5 Å². The molecule has 0 radical (unpaired) electrons. The van der Waals surface area contributed by atoms with Gasteiger partial charge in [0.15, 0.2) is 11.0 Å². The number of thiophene rings is 1. The van der Waals surface area contributed by atoms with Crippen LogP contribution >= 0.6 is 11.3 Å². The zero-order valence-electron chi connectivity index (χ0n) is 14.2. The second kappa shape index (κ2) is 7.45. The predicted octanol–water partition coefficient (Wildman–Crippen LogP) is 3.20. The molecule has 7 nitrogen and oxygen atoms in total. The minimum Gasteiger partial charge on any atom is -0.485 e. The number of cyclic esters (lactones) is 1. The molecule has 1 saturated heterocycles. The minimum atomic E-state index is -0.497. The molecule has 0 saturated carbocycles. The highest BCUT2D eigenvalue weighted by Crippen LogP contribution is 2.29. The Morgan fingerprint density at radius 3 is 2.77 bits per heavy atom. The standard InChI is InChI=1S/C18H16N2O5S/c1-11(24-14-7-8-26-16(14)17(21)23-2)15-10-20(18(22)25-15)13-5-3-12(9-19)4-6-13/h3-8,11,15H,10H2,1-2H3. The largest absolute Gasteiger partial charge is 0.485 e. The van der Waals surface area contributed by atoms with Gasteiger partial charge >= 0.3 is 12.1 Å². The Hall–Kier alpha value is -3.05. The number of hydrogen-bond donors (Lipinski definition) is 0. The zero-order chi connectivity index (χ0) is 18.7. The number of ether oxygens (including phenoxy) is 3. The molecule has 0 N–H and O–H groups in total. The van der Waals surface area contributed by atoms with Gasteiger partial charge in [-0.1, -0.05) is 0 Å². The van der Waals surface area contributed by atoms with Gasteiger partial charge in [-0.15, -0.1) is 11.3 Å². The third-order valence-corrected chi connectivity index (χ3v) is 4.86. The highest BCUT2D eigenvalue weighted by Gasteiger charge is 2.37. The molecule has 2 atom stereocenters.